The molecule has 2 saturated heterocycles. The highest BCUT2D eigenvalue weighted by Crippen LogP contribution is 2.38. The van der Waals surface area contributed by atoms with E-state index in [0.717, 1.165) is 11.0 Å². The van der Waals surface area contributed by atoms with Crippen LogP contribution < -0.4 is 20.3 Å². The standard InChI is InChI=1S/C47H57ClF2N8O12/c1-4-5-36(49)34(28-59)40-35(48)27-33-42(41(40)50)53-47(54-43(33)57-14-12-56(13-15-57)29(2)60)51-11-10-39(62)55(3)16-17-66-18-19-67-20-21-68-22-23-69-24-25-70-30-6-7-31-32(26-30)46(65)58(45(31)64)37-8-9-38(61)52-44(37)63/h4-7,26-27,37,59H,8-25,28H2,1-3H3,(H,51,53,54)(H,52,61,63)/b5-4-,36-34-. The molecule has 1 aromatic heterocycles. The highest BCUT2D eigenvalue weighted by atomic mass is 35.5. The van der Waals surface area contributed by atoms with Crippen LogP contribution in [0.1, 0.15) is 59.4 Å². The Balaban J connectivity index is 0.842. The number of carbonyl (C=O) groups excluding carboxylic acids is 6. The number of aliphatic hydroxyl groups excluding tert-OH is 1. The number of hydrogen-bond donors (Lipinski definition) is 3. The first-order valence-corrected chi connectivity index (χ1v) is 23.2. The van der Waals surface area contributed by atoms with Crippen molar-refractivity contribution in [3.63, 3.8) is 0 Å². The van der Waals surface area contributed by atoms with E-state index in [-0.39, 0.29) is 102 Å². The quantitative estimate of drug-likeness (QED) is 0.0629. The van der Waals surface area contributed by atoms with Crippen LogP contribution in [0.2, 0.25) is 5.02 Å². The van der Waals surface area contributed by atoms with Gasteiger partial charge in [-0.2, -0.15) is 4.98 Å². The number of nitrogens with zero attached hydrogens (tertiary/aromatic N) is 6. The van der Waals surface area contributed by atoms with Crippen molar-refractivity contribution in [3.05, 3.63) is 69.8 Å². The molecule has 4 heterocycles. The van der Waals surface area contributed by atoms with Crippen LogP contribution in [0.3, 0.4) is 0 Å². The number of likely N-dealkylation sites (N-methyl/N-ethyl adjacent to an activating group) is 1. The van der Waals surface area contributed by atoms with Crippen molar-refractivity contribution in [2.45, 2.75) is 39.2 Å². The summed E-state index contributed by atoms with van der Waals surface area (Å²) in [4.78, 5) is 89.6. The molecule has 23 heteroatoms. The fourth-order valence-electron chi connectivity index (χ4n) is 7.85. The smallest absolute Gasteiger partial charge is 0.262 e. The molecule has 0 radical (unpaired) electrons. The van der Waals surface area contributed by atoms with Gasteiger partial charge in [-0.1, -0.05) is 17.7 Å². The Morgan fingerprint density at radius 2 is 1.57 bits per heavy atom. The summed E-state index contributed by atoms with van der Waals surface area (Å²) in [6, 6.07) is 4.88. The molecule has 70 heavy (non-hydrogen) atoms. The molecule has 20 nitrogen and oxygen atoms in total. The number of piperidine rings is 1. The van der Waals surface area contributed by atoms with Gasteiger partial charge in [-0.25, -0.2) is 13.8 Å². The van der Waals surface area contributed by atoms with Crippen LogP contribution in [0.15, 0.2) is 42.2 Å². The zero-order chi connectivity index (χ0) is 50.3. The SMILES string of the molecule is C/C=C\C(F)=C(/CO)c1c(Cl)cc2c(N3CCN(C(C)=O)CC3)nc(NCCC(=O)N(C)CCOCCOCCOCCOCCOc3ccc4c(c3)C(=O)N(C3CCC(=O)NC3=O)C4=O)nc2c1F. The summed E-state index contributed by atoms with van der Waals surface area (Å²) in [5.74, 6) is -3.68. The number of imide groups is 2. The Bertz CT molecular complexity index is 2490. The van der Waals surface area contributed by atoms with E-state index in [4.69, 9.17) is 35.3 Å². The molecular weight excluding hydrogens is 942 g/mol. The van der Waals surface area contributed by atoms with Gasteiger partial charge < -0.3 is 48.8 Å². The molecule has 3 aliphatic heterocycles. The third-order valence-electron chi connectivity index (χ3n) is 11.6. The zero-order valence-corrected chi connectivity index (χ0v) is 40.0. The first kappa shape index (κ1) is 53.2. The van der Waals surface area contributed by atoms with E-state index >= 15 is 4.39 Å². The molecule has 2 aromatic carbocycles. The molecule has 2 fully saturated rings. The summed E-state index contributed by atoms with van der Waals surface area (Å²) < 4.78 is 59.2. The predicted molar refractivity (Wildman–Crippen MR) is 252 cm³/mol. The van der Waals surface area contributed by atoms with Crippen LogP contribution in [0, 0.1) is 5.82 Å². The molecule has 6 rings (SSSR count). The molecule has 0 saturated carbocycles. The number of nitrogens with one attached hydrogen (secondary N) is 2. The van der Waals surface area contributed by atoms with Crippen LogP contribution in [-0.4, -0.2) is 184 Å². The number of benzene rings is 2. The fourth-order valence-corrected chi connectivity index (χ4v) is 8.16. The second-order valence-electron chi connectivity index (χ2n) is 16.2. The second kappa shape index (κ2) is 25.6. The normalized spacial score (nSPS) is 16.6. The van der Waals surface area contributed by atoms with E-state index in [1.807, 2.05) is 4.90 Å². The summed E-state index contributed by atoms with van der Waals surface area (Å²) in [5, 5.41) is 15.3. The highest BCUT2D eigenvalue weighted by molar-refractivity contribution is 6.33. The van der Waals surface area contributed by atoms with Gasteiger partial charge in [-0.05, 0) is 43.7 Å². The van der Waals surface area contributed by atoms with E-state index in [9.17, 15) is 38.3 Å². The van der Waals surface area contributed by atoms with Gasteiger partial charge in [-0.3, -0.25) is 39.0 Å². The van der Waals surface area contributed by atoms with E-state index in [1.165, 1.54) is 36.1 Å². The van der Waals surface area contributed by atoms with Gasteiger partial charge in [0.1, 0.15) is 35.6 Å². The van der Waals surface area contributed by atoms with Gasteiger partial charge in [0.05, 0.1) is 75.6 Å². The van der Waals surface area contributed by atoms with Gasteiger partial charge in [0.2, 0.25) is 29.6 Å². The van der Waals surface area contributed by atoms with Crippen LogP contribution >= 0.6 is 11.6 Å². The molecule has 3 aliphatic rings. The Hall–Kier alpha value is -6.17. The third-order valence-corrected chi connectivity index (χ3v) is 11.9. The first-order valence-electron chi connectivity index (χ1n) is 22.8. The molecule has 1 unspecified atom stereocenters. The maximum absolute atomic E-state index is 16.3. The number of anilines is 2. The van der Waals surface area contributed by atoms with Crippen LogP contribution in [-0.2, 0) is 38.1 Å². The molecule has 3 N–H and O–H groups in total. The molecular formula is C47H57ClF2N8O12. The van der Waals surface area contributed by atoms with Crippen molar-refractivity contribution < 1.29 is 66.3 Å². The summed E-state index contributed by atoms with van der Waals surface area (Å²) in [6.45, 7) is 6.82. The number of halogens is 3. The minimum absolute atomic E-state index is 0.0190. The van der Waals surface area contributed by atoms with Crippen molar-refractivity contribution in [2.24, 2.45) is 0 Å². The number of piperazine rings is 1. The van der Waals surface area contributed by atoms with Crippen molar-refractivity contribution in [3.8, 4) is 5.75 Å². The summed E-state index contributed by atoms with van der Waals surface area (Å²) in [6.07, 6.45) is 2.66. The van der Waals surface area contributed by atoms with Gasteiger partial charge in [0.25, 0.3) is 11.8 Å². The summed E-state index contributed by atoms with van der Waals surface area (Å²) >= 11 is 6.53. The Morgan fingerprint density at radius 3 is 2.20 bits per heavy atom. The lowest BCUT2D eigenvalue weighted by atomic mass is 10.0. The number of ether oxygens (including phenoxy) is 5. The first-order chi connectivity index (χ1) is 33.7. The fraction of sp³-hybridized carbons (Fsp3) is 0.489. The van der Waals surface area contributed by atoms with Crippen molar-refractivity contribution in [1.82, 2.24) is 30.0 Å². The number of aromatic nitrogens is 2. The largest absolute Gasteiger partial charge is 0.491 e. The lowest BCUT2D eigenvalue weighted by molar-refractivity contribution is -0.136. The van der Waals surface area contributed by atoms with E-state index in [2.05, 4.69) is 20.6 Å². The van der Waals surface area contributed by atoms with Crippen molar-refractivity contribution >= 4 is 75.3 Å². The van der Waals surface area contributed by atoms with Crippen LogP contribution in [0.4, 0.5) is 20.5 Å². The monoisotopic (exact) mass is 998 g/mol. The number of amides is 6. The van der Waals surface area contributed by atoms with E-state index < -0.39 is 47.9 Å². The maximum Gasteiger partial charge on any atom is 0.262 e. The number of hydrogen-bond acceptors (Lipinski definition) is 16. The van der Waals surface area contributed by atoms with Gasteiger partial charge in [0, 0.05) is 82.6 Å². The topological polar surface area (TPSA) is 232 Å². The molecule has 0 spiro atoms. The summed E-state index contributed by atoms with van der Waals surface area (Å²) in [7, 11) is 1.64. The lowest BCUT2D eigenvalue weighted by Gasteiger charge is -2.35. The Labute approximate surface area is 407 Å². The zero-order valence-electron chi connectivity index (χ0n) is 39.2. The third kappa shape index (κ3) is 13.4. The minimum Gasteiger partial charge on any atom is -0.491 e. The van der Waals surface area contributed by atoms with Crippen molar-refractivity contribution in [1.29, 1.82) is 0 Å². The molecule has 6 amide bonds. The Kier molecular flexibility index (Phi) is 19.5. The molecule has 1 atom stereocenters. The number of aliphatic hydroxyl groups is 1. The summed E-state index contributed by atoms with van der Waals surface area (Å²) in [5.41, 5.74) is -0.545. The van der Waals surface area contributed by atoms with E-state index in [1.54, 1.807) is 24.9 Å². The van der Waals surface area contributed by atoms with E-state index in [0.29, 0.717) is 83.9 Å². The average molecular weight is 999 g/mol. The average Bonchev–Trinajstić information content (AvgIpc) is 3.58. The molecule has 0 aliphatic carbocycles. The van der Waals surface area contributed by atoms with Gasteiger partial charge >= 0.3 is 0 Å². The predicted octanol–water partition coefficient (Wildman–Crippen LogP) is 3.15. The second-order valence-corrected chi connectivity index (χ2v) is 16.6. The number of fused-ring (bicyclic) bond motifs is 2. The molecule has 378 valence electrons. The lowest BCUT2D eigenvalue weighted by Crippen LogP contribution is -2.54. The Morgan fingerprint density at radius 1 is 0.929 bits per heavy atom. The van der Waals surface area contributed by atoms with Crippen molar-refractivity contribution in [2.75, 3.05) is 123 Å². The highest BCUT2D eigenvalue weighted by Gasteiger charge is 2.44. The van der Waals surface area contributed by atoms with Gasteiger partial charge in [-0.15, -0.1) is 0 Å². The van der Waals surface area contributed by atoms with Crippen LogP contribution in [0.5, 0.6) is 5.75 Å². The molecule has 3 aromatic rings. The maximum atomic E-state index is 16.3. The minimum atomic E-state index is -1.04. The number of carbonyl (C=O) groups is 6. The molecule has 0 bridgehead atoms. The van der Waals surface area contributed by atoms with Gasteiger partial charge in [0.15, 0.2) is 5.82 Å². The number of rotatable bonds is 25. The number of allylic oxidation sites excluding steroid dienone is 3. The van der Waals surface area contributed by atoms with Crippen LogP contribution in [0.25, 0.3) is 16.5 Å².